The first kappa shape index (κ1) is 12.9. The lowest BCUT2D eigenvalue weighted by molar-refractivity contribution is 0.116. The molecule has 1 aromatic heterocycles. The Balaban J connectivity index is 2.30. The predicted molar refractivity (Wildman–Crippen MR) is 69.3 cm³/mol. The second-order valence-electron chi connectivity index (χ2n) is 3.97. The second kappa shape index (κ2) is 5.37. The highest BCUT2D eigenvalue weighted by molar-refractivity contribution is 6.33. The van der Waals surface area contributed by atoms with Crippen molar-refractivity contribution in [2.24, 2.45) is 0 Å². The molecule has 0 saturated heterocycles. The lowest BCUT2D eigenvalue weighted by Crippen LogP contribution is -2.09. The number of hydrogen-bond acceptors (Lipinski definition) is 5. The molecule has 0 amide bonds. The number of hydrogen-bond donors (Lipinski definition) is 1. The summed E-state index contributed by atoms with van der Waals surface area (Å²) in [5, 5.41) is 4.37. The number of halogens is 1. The Morgan fingerprint density at radius 3 is 2.94 bits per heavy atom. The van der Waals surface area contributed by atoms with Crippen LogP contribution in [-0.2, 0) is 11.2 Å². The van der Waals surface area contributed by atoms with E-state index in [9.17, 15) is 0 Å². The average molecular weight is 268 g/mol. The largest absolute Gasteiger partial charge is 0.398 e. The van der Waals surface area contributed by atoms with Gasteiger partial charge in [-0.1, -0.05) is 22.8 Å². The van der Waals surface area contributed by atoms with Gasteiger partial charge in [0, 0.05) is 19.2 Å². The summed E-state index contributed by atoms with van der Waals surface area (Å²) in [5.74, 6) is 0.898. The molecule has 0 spiro atoms. The molecule has 0 radical (unpaired) electrons. The lowest BCUT2D eigenvalue weighted by atomic mass is 10.2. The van der Waals surface area contributed by atoms with Crippen LogP contribution in [0.4, 0.5) is 5.69 Å². The molecule has 1 heterocycles. The monoisotopic (exact) mass is 267 g/mol. The predicted octanol–water partition coefficient (Wildman–Crippen LogP) is 2.55. The molecule has 0 aliphatic rings. The van der Waals surface area contributed by atoms with Gasteiger partial charge in [0.1, 0.15) is 0 Å². The van der Waals surface area contributed by atoms with Crippen LogP contribution in [0, 0.1) is 0 Å². The number of nitrogens with zero attached hydrogens (tertiary/aromatic N) is 2. The minimum atomic E-state index is 0.0269. The van der Waals surface area contributed by atoms with Crippen molar-refractivity contribution < 1.29 is 9.26 Å². The Bertz CT molecular complexity index is 522. The smallest absolute Gasteiger partial charge is 0.261 e. The number of aromatic nitrogens is 2. The summed E-state index contributed by atoms with van der Waals surface area (Å²) >= 11 is 6.07. The van der Waals surface area contributed by atoms with Crippen molar-refractivity contribution >= 4 is 17.3 Å². The molecule has 96 valence electrons. The zero-order valence-electron chi connectivity index (χ0n) is 10.2. The summed E-state index contributed by atoms with van der Waals surface area (Å²) in [6, 6.07) is 5.24. The van der Waals surface area contributed by atoms with Crippen LogP contribution in [0.2, 0.25) is 5.02 Å². The van der Waals surface area contributed by atoms with Crippen LogP contribution in [0.5, 0.6) is 0 Å². The highest BCUT2D eigenvalue weighted by Crippen LogP contribution is 2.31. The van der Waals surface area contributed by atoms with E-state index in [1.54, 1.807) is 25.3 Å². The fourth-order valence-electron chi connectivity index (χ4n) is 1.55. The standard InChI is InChI=1S/C12H14ClN3O2/c1-7(17-2)6-10-15-12(18-16-10)11-8(13)4-3-5-9(11)14/h3-5,7H,6,14H2,1-2H3. The molecule has 18 heavy (non-hydrogen) atoms. The van der Waals surface area contributed by atoms with Crippen molar-refractivity contribution in [2.45, 2.75) is 19.4 Å². The zero-order chi connectivity index (χ0) is 13.1. The first-order chi connectivity index (χ1) is 8.61. The Morgan fingerprint density at radius 1 is 1.50 bits per heavy atom. The first-order valence-corrected chi connectivity index (χ1v) is 5.89. The molecule has 5 nitrogen and oxygen atoms in total. The van der Waals surface area contributed by atoms with Gasteiger partial charge >= 0.3 is 0 Å². The molecule has 2 rings (SSSR count). The molecule has 0 aliphatic heterocycles. The lowest BCUT2D eigenvalue weighted by Gasteiger charge is -2.04. The van der Waals surface area contributed by atoms with Crippen molar-refractivity contribution in [2.75, 3.05) is 12.8 Å². The SMILES string of the molecule is COC(C)Cc1noc(-c2c(N)cccc2Cl)n1. The number of rotatable bonds is 4. The number of nitrogen functional groups attached to an aromatic ring is 1. The van der Waals surface area contributed by atoms with Gasteiger partial charge in [0.15, 0.2) is 5.82 Å². The molecule has 1 unspecified atom stereocenters. The van der Waals surface area contributed by atoms with Crippen LogP contribution in [0.15, 0.2) is 22.7 Å². The van der Waals surface area contributed by atoms with E-state index in [1.807, 2.05) is 6.92 Å². The van der Waals surface area contributed by atoms with Gasteiger partial charge in [-0.2, -0.15) is 4.98 Å². The Labute approximate surface area is 110 Å². The van der Waals surface area contributed by atoms with E-state index in [1.165, 1.54) is 0 Å². The summed E-state index contributed by atoms with van der Waals surface area (Å²) in [6.45, 7) is 1.93. The third-order valence-corrected chi connectivity index (χ3v) is 2.92. The third-order valence-electron chi connectivity index (χ3n) is 2.60. The normalized spacial score (nSPS) is 12.6. The zero-order valence-corrected chi connectivity index (χ0v) is 10.9. The molecule has 0 bridgehead atoms. The van der Waals surface area contributed by atoms with Gasteiger partial charge < -0.3 is 15.0 Å². The maximum atomic E-state index is 6.07. The number of anilines is 1. The van der Waals surface area contributed by atoms with Crippen molar-refractivity contribution in [3.05, 3.63) is 29.0 Å². The maximum Gasteiger partial charge on any atom is 0.261 e. The quantitative estimate of drug-likeness (QED) is 0.862. The van der Waals surface area contributed by atoms with Crippen molar-refractivity contribution in [3.63, 3.8) is 0 Å². The van der Waals surface area contributed by atoms with Crippen molar-refractivity contribution in [1.82, 2.24) is 10.1 Å². The molecular formula is C12H14ClN3O2. The summed E-state index contributed by atoms with van der Waals surface area (Å²) in [4.78, 5) is 4.27. The van der Waals surface area contributed by atoms with Gasteiger partial charge in [0.2, 0.25) is 0 Å². The number of nitrogens with two attached hydrogens (primary N) is 1. The molecule has 0 fully saturated rings. The van der Waals surface area contributed by atoms with E-state index in [2.05, 4.69) is 10.1 Å². The Hall–Kier alpha value is -1.59. The molecule has 0 aliphatic carbocycles. The molecular weight excluding hydrogens is 254 g/mol. The number of ether oxygens (including phenoxy) is 1. The maximum absolute atomic E-state index is 6.07. The summed E-state index contributed by atoms with van der Waals surface area (Å²) < 4.78 is 10.3. The third kappa shape index (κ3) is 2.63. The van der Waals surface area contributed by atoms with Gasteiger partial charge in [0.05, 0.1) is 16.7 Å². The van der Waals surface area contributed by atoms with Crippen LogP contribution in [0.25, 0.3) is 11.5 Å². The molecule has 1 aromatic carbocycles. The fourth-order valence-corrected chi connectivity index (χ4v) is 1.81. The summed E-state index contributed by atoms with van der Waals surface area (Å²) in [5.41, 5.74) is 6.94. The van der Waals surface area contributed by atoms with Gasteiger partial charge in [-0.05, 0) is 19.1 Å². The first-order valence-electron chi connectivity index (χ1n) is 5.51. The second-order valence-corrected chi connectivity index (χ2v) is 4.38. The van der Waals surface area contributed by atoms with E-state index in [-0.39, 0.29) is 6.10 Å². The van der Waals surface area contributed by atoms with E-state index in [0.717, 1.165) is 0 Å². The molecule has 2 N–H and O–H groups in total. The molecule has 2 aromatic rings. The van der Waals surface area contributed by atoms with Crippen molar-refractivity contribution in [3.8, 4) is 11.5 Å². The minimum Gasteiger partial charge on any atom is -0.398 e. The highest BCUT2D eigenvalue weighted by atomic mass is 35.5. The van der Waals surface area contributed by atoms with E-state index < -0.39 is 0 Å². The van der Waals surface area contributed by atoms with Crippen LogP contribution < -0.4 is 5.73 Å². The average Bonchev–Trinajstić information content (AvgIpc) is 2.77. The molecule has 1 atom stereocenters. The number of benzene rings is 1. The van der Waals surface area contributed by atoms with Gasteiger partial charge in [0.25, 0.3) is 5.89 Å². The van der Waals surface area contributed by atoms with Gasteiger partial charge in [-0.25, -0.2) is 0 Å². The van der Waals surface area contributed by atoms with E-state index in [4.69, 9.17) is 26.6 Å². The summed E-state index contributed by atoms with van der Waals surface area (Å²) in [6.07, 6.45) is 0.601. The van der Waals surface area contributed by atoms with Crippen LogP contribution >= 0.6 is 11.6 Å². The van der Waals surface area contributed by atoms with Gasteiger partial charge in [-0.15, -0.1) is 0 Å². The molecule has 6 heteroatoms. The van der Waals surface area contributed by atoms with Crippen molar-refractivity contribution in [1.29, 1.82) is 0 Å². The fraction of sp³-hybridized carbons (Fsp3) is 0.333. The topological polar surface area (TPSA) is 74.2 Å². The number of methoxy groups -OCH3 is 1. The van der Waals surface area contributed by atoms with Crippen LogP contribution in [0.1, 0.15) is 12.7 Å². The van der Waals surface area contributed by atoms with E-state index in [0.29, 0.717) is 34.4 Å². The molecule has 0 saturated carbocycles. The Morgan fingerprint density at radius 2 is 2.28 bits per heavy atom. The highest BCUT2D eigenvalue weighted by Gasteiger charge is 2.16. The Kier molecular flexibility index (Phi) is 3.84. The van der Waals surface area contributed by atoms with Gasteiger partial charge in [-0.3, -0.25) is 0 Å². The minimum absolute atomic E-state index is 0.0269. The van der Waals surface area contributed by atoms with Crippen LogP contribution in [-0.4, -0.2) is 23.4 Å². The van der Waals surface area contributed by atoms with Crippen LogP contribution in [0.3, 0.4) is 0 Å². The summed E-state index contributed by atoms with van der Waals surface area (Å²) in [7, 11) is 1.64. The van der Waals surface area contributed by atoms with E-state index >= 15 is 0 Å².